The summed E-state index contributed by atoms with van der Waals surface area (Å²) in [4.78, 5) is 16.2. The zero-order valence-corrected chi connectivity index (χ0v) is 14.8. The Balaban J connectivity index is 1.64. The molecule has 0 fully saturated rings. The van der Waals surface area contributed by atoms with Crippen LogP contribution >= 0.6 is 11.3 Å². The Bertz CT molecular complexity index is 1030. The van der Waals surface area contributed by atoms with Crippen molar-refractivity contribution in [3.05, 3.63) is 59.7 Å². The van der Waals surface area contributed by atoms with E-state index >= 15 is 0 Å². The summed E-state index contributed by atoms with van der Waals surface area (Å²) in [5.41, 5.74) is 1.74. The van der Waals surface area contributed by atoms with Crippen LogP contribution in [0.25, 0.3) is 11.3 Å². The number of sulfonamides is 1. The van der Waals surface area contributed by atoms with Crippen molar-refractivity contribution in [2.45, 2.75) is 4.90 Å². The van der Waals surface area contributed by atoms with Gasteiger partial charge in [-0.25, -0.2) is 27.7 Å². The normalized spacial score (nSPS) is 11.2. The van der Waals surface area contributed by atoms with E-state index in [-0.39, 0.29) is 10.7 Å². The van der Waals surface area contributed by atoms with Gasteiger partial charge in [0.25, 0.3) is 0 Å². The third-order valence-corrected chi connectivity index (χ3v) is 4.99. The van der Waals surface area contributed by atoms with Gasteiger partial charge in [0.1, 0.15) is 5.82 Å². The number of aromatic nitrogens is 1. The molecule has 2 aromatic carbocycles. The van der Waals surface area contributed by atoms with Crippen LogP contribution < -0.4 is 15.8 Å². The number of benzene rings is 2. The van der Waals surface area contributed by atoms with E-state index in [2.05, 4.69) is 15.6 Å². The maximum absolute atomic E-state index is 13.0. The smallest absolute Gasteiger partial charge is 0.308 e. The minimum absolute atomic E-state index is 0.0488. The Labute approximate surface area is 152 Å². The van der Waals surface area contributed by atoms with Gasteiger partial charge in [0, 0.05) is 16.6 Å². The van der Waals surface area contributed by atoms with E-state index < -0.39 is 16.1 Å². The highest BCUT2D eigenvalue weighted by Gasteiger charge is 2.10. The number of halogens is 1. The Kier molecular flexibility index (Phi) is 4.98. The number of hydrogen-bond donors (Lipinski definition) is 3. The van der Waals surface area contributed by atoms with Crippen LogP contribution in [0.4, 0.5) is 20.0 Å². The van der Waals surface area contributed by atoms with Crippen LogP contribution in [0.5, 0.6) is 0 Å². The largest absolute Gasteiger partial charge is 0.325 e. The molecule has 134 valence electrons. The van der Waals surface area contributed by atoms with Gasteiger partial charge in [-0.2, -0.15) is 0 Å². The molecule has 1 aromatic heterocycles. The fraction of sp³-hybridized carbons (Fsp3) is 0. The van der Waals surface area contributed by atoms with Crippen molar-refractivity contribution < 1.29 is 17.6 Å². The molecular formula is C16H13FN4O3S2. The van der Waals surface area contributed by atoms with Crippen LogP contribution in [0.3, 0.4) is 0 Å². The Morgan fingerprint density at radius 2 is 1.69 bits per heavy atom. The predicted octanol–water partition coefficient (Wildman–Crippen LogP) is 3.24. The summed E-state index contributed by atoms with van der Waals surface area (Å²) in [6.07, 6.45) is 0. The van der Waals surface area contributed by atoms with Gasteiger partial charge in [-0.05, 0) is 48.5 Å². The molecule has 0 unspecified atom stereocenters. The second kappa shape index (κ2) is 7.20. The SMILES string of the molecule is NS(=O)(=O)c1ccc(NC(=O)Nc2nc(-c3ccc(F)cc3)cs2)cc1. The molecule has 0 saturated heterocycles. The van der Waals surface area contributed by atoms with E-state index in [0.717, 1.165) is 5.56 Å². The van der Waals surface area contributed by atoms with Gasteiger partial charge in [0.2, 0.25) is 10.0 Å². The van der Waals surface area contributed by atoms with Crippen LogP contribution in [-0.4, -0.2) is 19.4 Å². The first kappa shape index (κ1) is 18.0. The molecule has 4 N–H and O–H groups in total. The average Bonchev–Trinajstić information content (AvgIpc) is 3.03. The number of nitrogens with two attached hydrogens (primary N) is 1. The summed E-state index contributed by atoms with van der Waals surface area (Å²) in [5.74, 6) is -0.338. The summed E-state index contributed by atoms with van der Waals surface area (Å²) in [7, 11) is -3.78. The summed E-state index contributed by atoms with van der Waals surface area (Å²) in [5, 5.41) is 12.3. The lowest BCUT2D eigenvalue weighted by Crippen LogP contribution is -2.19. The van der Waals surface area contributed by atoms with Gasteiger partial charge < -0.3 is 5.32 Å². The molecule has 0 spiro atoms. The van der Waals surface area contributed by atoms with Gasteiger partial charge in [-0.15, -0.1) is 11.3 Å². The first-order chi connectivity index (χ1) is 12.3. The van der Waals surface area contributed by atoms with E-state index in [1.807, 2.05) is 0 Å². The highest BCUT2D eigenvalue weighted by atomic mass is 32.2. The summed E-state index contributed by atoms with van der Waals surface area (Å²) >= 11 is 1.22. The number of rotatable bonds is 4. The van der Waals surface area contributed by atoms with Gasteiger partial charge >= 0.3 is 6.03 Å². The first-order valence-corrected chi connectivity index (χ1v) is 9.66. The molecule has 0 saturated carbocycles. The van der Waals surface area contributed by atoms with Crippen LogP contribution in [0.2, 0.25) is 0 Å². The van der Waals surface area contributed by atoms with Crippen LogP contribution in [0.15, 0.2) is 58.8 Å². The van der Waals surface area contributed by atoms with Gasteiger partial charge in [-0.1, -0.05) is 0 Å². The number of carbonyl (C=O) groups excluding carboxylic acids is 1. The molecule has 7 nitrogen and oxygen atoms in total. The van der Waals surface area contributed by atoms with Crippen molar-refractivity contribution in [2.24, 2.45) is 5.14 Å². The molecule has 3 aromatic rings. The number of hydrogen-bond acceptors (Lipinski definition) is 5. The van der Waals surface area contributed by atoms with Crippen molar-refractivity contribution in [2.75, 3.05) is 10.6 Å². The van der Waals surface area contributed by atoms with Gasteiger partial charge in [0.15, 0.2) is 5.13 Å². The van der Waals surface area contributed by atoms with Crippen LogP contribution in [0.1, 0.15) is 0 Å². The molecule has 1 heterocycles. The molecule has 2 amide bonds. The number of urea groups is 1. The Morgan fingerprint density at radius 3 is 2.31 bits per heavy atom. The monoisotopic (exact) mass is 392 g/mol. The van der Waals surface area contributed by atoms with Crippen LogP contribution in [0, 0.1) is 5.82 Å². The van der Waals surface area contributed by atoms with E-state index in [4.69, 9.17) is 5.14 Å². The molecule has 26 heavy (non-hydrogen) atoms. The summed E-state index contributed by atoms with van der Waals surface area (Å²) < 4.78 is 35.3. The molecule has 10 heteroatoms. The zero-order chi connectivity index (χ0) is 18.7. The van der Waals surface area contributed by atoms with Crippen molar-refractivity contribution in [3.63, 3.8) is 0 Å². The van der Waals surface area contributed by atoms with E-state index in [0.29, 0.717) is 16.5 Å². The minimum Gasteiger partial charge on any atom is -0.308 e. The fourth-order valence-corrected chi connectivity index (χ4v) is 3.30. The standard InChI is InChI=1S/C16H13FN4O3S2/c17-11-3-1-10(2-4-11)14-9-25-16(20-14)21-15(22)19-12-5-7-13(8-6-12)26(18,23)24/h1-9H,(H2,18,23,24)(H2,19,20,21,22). The van der Waals surface area contributed by atoms with Crippen LogP contribution in [-0.2, 0) is 10.0 Å². The van der Waals surface area contributed by atoms with Crippen molar-refractivity contribution >= 4 is 38.2 Å². The Hall–Kier alpha value is -2.82. The quantitative estimate of drug-likeness (QED) is 0.632. The second-order valence-electron chi connectivity index (χ2n) is 5.19. The lowest BCUT2D eigenvalue weighted by molar-refractivity contribution is 0.262. The first-order valence-electron chi connectivity index (χ1n) is 7.23. The summed E-state index contributed by atoms with van der Waals surface area (Å²) in [6, 6.07) is 10.8. The molecule has 3 rings (SSSR count). The van der Waals surface area contributed by atoms with Crippen molar-refractivity contribution in [3.8, 4) is 11.3 Å². The lowest BCUT2D eigenvalue weighted by Gasteiger charge is -2.06. The van der Waals surface area contributed by atoms with Gasteiger partial charge in [0.05, 0.1) is 10.6 Å². The number of anilines is 2. The maximum Gasteiger partial charge on any atom is 0.325 e. The predicted molar refractivity (Wildman–Crippen MR) is 98.0 cm³/mol. The average molecular weight is 392 g/mol. The topological polar surface area (TPSA) is 114 Å². The number of nitrogens with zero attached hydrogens (tertiary/aromatic N) is 1. The molecular weight excluding hydrogens is 379 g/mol. The highest BCUT2D eigenvalue weighted by molar-refractivity contribution is 7.89. The number of nitrogens with one attached hydrogen (secondary N) is 2. The molecule has 0 radical (unpaired) electrons. The number of amides is 2. The minimum atomic E-state index is -3.78. The number of primary sulfonamides is 1. The van der Waals surface area contributed by atoms with E-state index in [9.17, 15) is 17.6 Å². The lowest BCUT2D eigenvalue weighted by atomic mass is 10.2. The zero-order valence-electron chi connectivity index (χ0n) is 13.1. The third kappa shape index (κ3) is 4.42. The summed E-state index contributed by atoms with van der Waals surface area (Å²) in [6.45, 7) is 0. The van der Waals surface area contributed by atoms with E-state index in [1.165, 1.54) is 47.7 Å². The van der Waals surface area contributed by atoms with Gasteiger partial charge in [-0.3, -0.25) is 5.32 Å². The number of carbonyl (C=O) groups is 1. The molecule has 0 bridgehead atoms. The third-order valence-electron chi connectivity index (χ3n) is 3.31. The molecule has 0 aliphatic carbocycles. The molecule has 0 aliphatic heterocycles. The van der Waals surface area contributed by atoms with Crippen molar-refractivity contribution in [1.29, 1.82) is 0 Å². The molecule has 0 atom stereocenters. The highest BCUT2D eigenvalue weighted by Crippen LogP contribution is 2.25. The van der Waals surface area contributed by atoms with Crippen molar-refractivity contribution in [1.82, 2.24) is 4.98 Å². The molecule has 0 aliphatic rings. The number of thiazole rings is 1. The maximum atomic E-state index is 13.0. The van der Waals surface area contributed by atoms with E-state index in [1.54, 1.807) is 17.5 Å². The fourth-order valence-electron chi connectivity index (χ4n) is 2.07. The Morgan fingerprint density at radius 1 is 1.04 bits per heavy atom. The second-order valence-corrected chi connectivity index (χ2v) is 7.61.